The zero-order valence-electron chi connectivity index (χ0n) is 19.8. The number of amides is 1. The predicted molar refractivity (Wildman–Crippen MR) is 135 cm³/mol. The Morgan fingerprint density at radius 3 is 2.53 bits per heavy atom. The number of nitrogens with one attached hydrogen (secondary N) is 1. The molecule has 174 valence electrons. The summed E-state index contributed by atoms with van der Waals surface area (Å²) in [6.45, 7) is 5.87. The maximum absolute atomic E-state index is 13.3. The minimum absolute atomic E-state index is 0.162. The first-order chi connectivity index (χ1) is 16.5. The molecule has 1 aliphatic rings. The first-order valence-electron chi connectivity index (χ1n) is 11.6. The molecular weight excluding hydrogens is 426 g/mol. The molecule has 0 radical (unpaired) electrons. The van der Waals surface area contributed by atoms with E-state index >= 15 is 0 Å². The molecule has 34 heavy (non-hydrogen) atoms. The minimum Gasteiger partial charge on any atom is -0.354 e. The number of pyridine rings is 2. The average Bonchev–Trinajstić information content (AvgIpc) is 3.29. The molecule has 0 bridgehead atoms. The van der Waals surface area contributed by atoms with Gasteiger partial charge < -0.3 is 15.1 Å². The number of carbonyl (C=O) groups is 1. The van der Waals surface area contributed by atoms with Crippen LogP contribution >= 0.6 is 0 Å². The smallest absolute Gasteiger partial charge is 0.257 e. The van der Waals surface area contributed by atoms with Gasteiger partial charge in [0.15, 0.2) is 0 Å². The predicted octanol–water partition coefficient (Wildman–Crippen LogP) is 3.60. The van der Waals surface area contributed by atoms with Crippen LogP contribution in [0.5, 0.6) is 0 Å². The summed E-state index contributed by atoms with van der Waals surface area (Å²) >= 11 is 0. The average molecular weight is 456 g/mol. The van der Waals surface area contributed by atoms with Crippen molar-refractivity contribution in [3.63, 3.8) is 0 Å². The molecule has 0 unspecified atom stereocenters. The normalized spacial score (nSPS) is 14.5. The number of hydrogen-bond donors (Lipinski definition) is 1. The van der Waals surface area contributed by atoms with Gasteiger partial charge in [-0.25, -0.2) is 9.97 Å². The summed E-state index contributed by atoms with van der Waals surface area (Å²) in [5, 5.41) is 9.29. The van der Waals surface area contributed by atoms with E-state index in [1.807, 2.05) is 31.6 Å². The van der Waals surface area contributed by atoms with Gasteiger partial charge in [0.1, 0.15) is 11.6 Å². The van der Waals surface area contributed by atoms with Crippen LogP contribution in [0, 0.1) is 0 Å². The maximum atomic E-state index is 13.3. The summed E-state index contributed by atoms with van der Waals surface area (Å²) in [7, 11) is 4.03. The molecule has 0 spiro atoms. The van der Waals surface area contributed by atoms with E-state index in [0.29, 0.717) is 11.4 Å². The number of aryl methyl sites for hydroxylation is 1. The number of aromatic nitrogens is 4. The molecule has 8 nitrogen and oxygen atoms in total. The van der Waals surface area contributed by atoms with Crippen LogP contribution in [-0.2, 0) is 13.5 Å². The lowest BCUT2D eigenvalue weighted by atomic mass is 10.0. The van der Waals surface area contributed by atoms with Gasteiger partial charge in [0, 0.05) is 73.9 Å². The highest BCUT2D eigenvalue weighted by atomic mass is 16.1. The van der Waals surface area contributed by atoms with E-state index < -0.39 is 0 Å². The third-order valence-electron chi connectivity index (χ3n) is 6.44. The van der Waals surface area contributed by atoms with Crippen molar-refractivity contribution in [1.82, 2.24) is 24.6 Å². The number of rotatable bonds is 5. The number of likely N-dealkylation sites (N-methyl/N-ethyl adjacent to an activating group) is 1. The highest BCUT2D eigenvalue weighted by Crippen LogP contribution is 2.27. The number of fused-ring (bicyclic) bond motifs is 1. The number of hydrogen-bond acceptors (Lipinski definition) is 6. The largest absolute Gasteiger partial charge is 0.354 e. The van der Waals surface area contributed by atoms with E-state index in [4.69, 9.17) is 0 Å². The topological polar surface area (TPSA) is 79.2 Å². The highest BCUT2D eigenvalue weighted by Gasteiger charge is 2.22. The molecule has 1 saturated heterocycles. The van der Waals surface area contributed by atoms with Crippen molar-refractivity contribution < 1.29 is 4.79 Å². The Hall–Kier alpha value is -3.78. The molecular formula is C26H29N7O. The summed E-state index contributed by atoms with van der Waals surface area (Å²) < 4.78 is 1.79. The molecule has 1 aromatic carbocycles. The Kier molecular flexibility index (Phi) is 5.98. The third kappa shape index (κ3) is 4.36. The SMILES string of the molecule is CCc1c(C(=O)Nc2cc3cc(-c4cnn(C)c4)ccc3cn2)ccnc1N1CCN(C)CC1. The van der Waals surface area contributed by atoms with Gasteiger partial charge in [-0.3, -0.25) is 9.48 Å². The molecule has 0 aliphatic carbocycles. The van der Waals surface area contributed by atoms with Gasteiger partial charge in [-0.05, 0) is 42.6 Å². The van der Waals surface area contributed by atoms with Gasteiger partial charge in [0.2, 0.25) is 0 Å². The molecule has 8 heteroatoms. The second-order valence-corrected chi connectivity index (χ2v) is 8.79. The molecule has 1 aliphatic heterocycles. The van der Waals surface area contributed by atoms with Gasteiger partial charge in [-0.1, -0.05) is 19.1 Å². The summed E-state index contributed by atoms with van der Waals surface area (Å²) in [6.07, 6.45) is 8.09. The Morgan fingerprint density at radius 2 is 1.79 bits per heavy atom. The van der Waals surface area contributed by atoms with E-state index in [-0.39, 0.29) is 5.91 Å². The Morgan fingerprint density at radius 1 is 0.971 bits per heavy atom. The lowest BCUT2D eigenvalue weighted by molar-refractivity contribution is 0.102. The summed E-state index contributed by atoms with van der Waals surface area (Å²) in [5.41, 5.74) is 3.75. The van der Waals surface area contributed by atoms with E-state index in [1.165, 1.54) is 0 Å². The first-order valence-corrected chi connectivity index (χ1v) is 11.6. The van der Waals surface area contributed by atoms with Gasteiger partial charge in [-0.2, -0.15) is 5.10 Å². The van der Waals surface area contributed by atoms with Crippen LogP contribution in [0.3, 0.4) is 0 Å². The number of piperazine rings is 1. The van der Waals surface area contributed by atoms with E-state index in [0.717, 1.165) is 65.9 Å². The van der Waals surface area contributed by atoms with Crippen LogP contribution in [0.2, 0.25) is 0 Å². The Balaban J connectivity index is 1.41. The lowest BCUT2D eigenvalue weighted by Gasteiger charge is -2.34. The molecule has 4 heterocycles. The summed E-state index contributed by atoms with van der Waals surface area (Å²) in [6, 6.07) is 9.91. The first kappa shape index (κ1) is 22.0. The monoisotopic (exact) mass is 455 g/mol. The van der Waals surface area contributed by atoms with Crippen molar-refractivity contribution in [1.29, 1.82) is 0 Å². The third-order valence-corrected chi connectivity index (χ3v) is 6.44. The molecule has 0 saturated carbocycles. The molecule has 3 aromatic heterocycles. The second-order valence-electron chi connectivity index (χ2n) is 8.79. The van der Waals surface area contributed by atoms with Crippen LogP contribution in [0.4, 0.5) is 11.6 Å². The Labute approximate surface area is 199 Å². The molecule has 1 N–H and O–H groups in total. The molecule has 1 fully saturated rings. The van der Waals surface area contributed by atoms with Crippen molar-refractivity contribution in [2.45, 2.75) is 13.3 Å². The van der Waals surface area contributed by atoms with Crippen LogP contribution in [0.1, 0.15) is 22.8 Å². The van der Waals surface area contributed by atoms with Crippen LogP contribution < -0.4 is 10.2 Å². The van der Waals surface area contributed by atoms with Crippen LogP contribution in [0.25, 0.3) is 21.9 Å². The van der Waals surface area contributed by atoms with E-state index in [2.05, 4.69) is 56.3 Å². The van der Waals surface area contributed by atoms with Gasteiger partial charge in [-0.15, -0.1) is 0 Å². The second kappa shape index (κ2) is 9.23. The van der Waals surface area contributed by atoms with Gasteiger partial charge in [0.05, 0.1) is 6.20 Å². The lowest BCUT2D eigenvalue weighted by Crippen LogP contribution is -2.45. The van der Waals surface area contributed by atoms with Crippen molar-refractivity contribution in [2.24, 2.45) is 7.05 Å². The fourth-order valence-corrected chi connectivity index (χ4v) is 4.48. The van der Waals surface area contributed by atoms with E-state index in [1.54, 1.807) is 23.1 Å². The highest BCUT2D eigenvalue weighted by molar-refractivity contribution is 6.06. The zero-order valence-corrected chi connectivity index (χ0v) is 19.8. The number of anilines is 2. The molecule has 5 rings (SSSR count). The minimum atomic E-state index is -0.162. The van der Waals surface area contributed by atoms with Crippen molar-refractivity contribution >= 4 is 28.3 Å². The maximum Gasteiger partial charge on any atom is 0.257 e. The molecule has 1 amide bonds. The molecule has 4 aromatic rings. The van der Waals surface area contributed by atoms with Crippen molar-refractivity contribution in [3.05, 3.63) is 66.2 Å². The number of benzene rings is 1. The quantitative estimate of drug-likeness (QED) is 0.495. The fraction of sp³-hybridized carbons (Fsp3) is 0.308. The Bertz CT molecular complexity index is 1340. The van der Waals surface area contributed by atoms with Crippen molar-refractivity contribution in [3.8, 4) is 11.1 Å². The van der Waals surface area contributed by atoms with Crippen molar-refractivity contribution in [2.75, 3.05) is 43.4 Å². The number of carbonyl (C=O) groups excluding carboxylic acids is 1. The number of nitrogens with zero attached hydrogens (tertiary/aromatic N) is 6. The summed E-state index contributed by atoms with van der Waals surface area (Å²) in [5.74, 6) is 1.28. The van der Waals surface area contributed by atoms with E-state index in [9.17, 15) is 4.79 Å². The summed E-state index contributed by atoms with van der Waals surface area (Å²) in [4.78, 5) is 27.0. The van der Waals surface area contributed by atoms with Crippen LogP contribution in [0.15, 0.2) is 55.1 Å². The fourth-order valence-electron chi connectivity index (χ4n) is 4.48. The molecule has 0 atom stereocenters. The van der Waals surface area contributed by atoms with Gasteiger partial charge >= 0.3 is 0 Å². The van der Waals surface area contributed by atoms with Crippen LogP contribution in [-0.4, -0.2) is 63.8 Å². The van der Waals surface area contributed by atoms with Gasteiger partial charge in [0.25, 0.3) is 5.91 Å². The zero-order chi connectivity index (χ0) is 23.7. The standard InChI is InChI=1S/C26H29N7O/c1-4-22-23(7-8-27-25(22)33-11-9-31(2)10-12-33)26(34)30-24-14-20-13-18(5-6-19(20)15-28-24)21-16-29-32(3)17-21/h5-8,13-17H,4,9-12H2,1-3H3,(H,28,30,34).